The summed E-state index contributed by atoms with van der Waals surface area (Å²) in [6.45, 7) is 10.8. The van der Waals surface area contributed by atoms with Crippen molar-refractivity contribution in [3.8, 4) is 0 Å². The van der Waals surface area contributed by atoms with Crippen LogP contribution in [0.15, 0.2) is 50.2 Å². The number of carbonyl (C=O) groups excluding carboxylic acids is 1. The van der Waals surface area contributed by atoms with Crippen LogP contribution in [0.4, 0.5) is 4.39 Å². The smallest absolute Gasteiger partial charge is 0.313 e. The van der Waals surface area contributed by atoms with Crippen molar-refractivity contribution in [3.63, 3.8) is 0 Å². The molecule has 0 spiro atoms. The lowest BCUT2D eigenvalue weighted by Crippen LogP contribution is -2.45. The molecule has 1 aromatic rings. The van der Waals surface area contributed by atoms with E-state index < -0.39 is 5.92 Å². The van der Waals surface area contributed by atoms with Gasteiger partial charge in [-0.3, -0.25) is 14.6 Å². The van der Waals surface area contributed by atoms with E-state index in [1.54, 1.807) is 6.08 Å². The highest BCUT2D eigenvalue weighted by Gasteiger charge is 2.48. The van der Waals surface area contributed by atoms with Crippen molar-refractivity contribution in [2.45, 2.75) is 79.4 Å². The number of aliphatic imine (C=N–C) groups is 1. The van der Waals surface area contributed by atoms with Crippen molar-refractivity contribution in [2.75, 3.05) is 0 Å². The Kier molecular flexibility index (Phi) is 5.11. The predicted octanol–water partition coefficient (Wildman–Crippen LogP) is 5.29. The number of nitrogens with zero attached hydrogens (tertiary/aromatic N) is 2. The average molecular weight is 451 g/mol. The second-order valence-electron chi connectivity index (χ2n) is 9.95. The summed E-state index contributed by atoms with van der Waals surface area (Å²) in [4.78, 5) is 30.7. The van der Waals surface area contributed by atoms with Gasteiger partial charge in [0.2, 0.25) is 0 Å². The van der Waals surface area contributed by atoms with Gasteiger partial charge in [-0.25, -0.2) is 4.39 Å². The van der Waals surface area contributed by atoms with Crippen molar-refractivity contribution in [1.82, 2.24) is 4.57 Å². The highest BCUT2D eigenvalue weighted by atomic mass is 19.1. The number of hydrogen-bond donors (Lipinski definition) is 0. The molecule has 0 amide bonds. The van der Waals surface area contributed by atoms with Gasteiger partial charge in [0.1, 0.15) is 12.4 Å². The summed E-state index contributed by atoms with van der Waals surface area (Å²) in [6, 6.07) is 2.00. The van der Waals surface area contributed by atoms with Gasteiger partial charge in [-0.2, -0.15) is 0 Å². The average Bonchev–Trinajstić information content (AvgIpc) is 2.79. The van der Waals surface area contributed by atoms with E-state index in [0.29, 0.717) is 24.9 Å². The van der Waals surface area contributed by atoms with Crippen molar-refractivity contribution in [1.29, 1.82) is 0 Å². The summed E-state index contributed by atoms with van der Waals surface area (Å²) in [6.07, 6.45) is 4.47. The molecular weight excluding hydrogens is 419 g/mol. The van der Waals surface area contributed by atoms with E-state index in [1.807, 2.05) is 24.5 Å². The predicted molar refractivity (Wildman–Crippen MR) is 126 cm³/mol. The van der Waals surface area contributed by atoms with Gasteiger partial charge >= 0.3 is 5.97 Å². The second-order valence-corrected chi connectivity index (χ2v) is 9.95. The normalized spacial score (nSPS) is 28.4. The fraction of sp³-hybridized carbons (Fsp3) is 0.519. The maximum atomic E-state index is 14.9. The molecule has 6 heteroatoms. The molecule has 3 atom stereocenters. The Hall–Kier alpha value is -2.76. The lowest BCUT2D eigenvalue weighted by atomic mass is 9.60. The SMILES string of the molecule is CCCC1=C(C)C(F)=CC2=NC3=C(Cn4c(cc5c(c4=O)COC(=O)[C@@H]5CC)C3)C(C)C21C. The molecule has 0 saturated heterocycles. The molecular formula is C27H31FN2O3. The van der Waals surface area contributed by atoms with E-state index in [4.69, 9.17) is 9.73 Å². The molecule has 0 fully saturated rings. The van der Waals surface area contributed by atoms with Gasteiger partial charge in [-0.1, -0.05) is 32.8 Å². The van der Waals surface area contributed by atoms with Crippen LogP contribution in [0, 0.1) is 11.3 Å². The first-order valence-corrected chi connectivity index (χ1v) is 12.0. The Morgan fingerprint density at radius 2 is 2.06 bits per heavy atom. The molecule has 1 aliphatic carbocycles. The van der Waals surface area contributed by atoms with E-state index in [1.165, 1.54) is 0 Å². The molecule has 0 aromatic carbocycles. The second kappa shape index (κ2) is 7.64. The van der Waals surface area contributed by atoms with Gasteiger partial charge in [0.05, 0.1) is 17.2 Å². The molecule has 2 unspecified atom stereocenters. The molecule has 0 N–H and O–H groups in total. The van der Waals surface area contributed by atoms with Crippen LogP contribution in [-0.4, -0.2) is 16.2 Å². The first kappa shape index (κ1) is 22.1. The van der Waals surface area contributed by atoms with Crippen LogP contribution in [0.1, 0.15) is 76.6 Å². The first-order valence-electron chi connectivity index (χ1n) is 12.0. The number of fused-ring (bicyclic) bond motifs is 3. The fourth-order valence-electron chi connectivity index (χ4n) is 6.23. The van der Waals surface area contributed by atoms with Crippen LogP contribution in [0.5, 0.6) is 0 Å². The van der Waals surface area contributed by atoms with Gasteiger partial charge in [0.15, 0.2) is 0 Å². The molecule has 174 valence electrons. The highest BCUT2D eigenvalue weighted by Crippen LogP contribution is 2.52. The Balaban J connectivity index is 1.63. The largest absolute Gasteiger partial charge is 0.460 e. The van der Waals surface area contributed by atoms with Gasteiger partial charge in [0.25, 0.3) is 5.56 Å². The third kappa shape index (κ3) is 2.99. The molecule has 0 radical (unpaired) electrons. The number of carbonyl (C=O) groups is 1. The maximum absolute atomic E-state index is 14.9. The van der Waals surface area contributed by atoms with E-state index in [2.05, 4.69) is 20.8 Å². The topological polar surface area (TPSA) is 60.7 Å². The molecule has 33 heavy (non-hydrogen) atoms. The Morgan fingerprint density at radius 3 is 2.76 bits per heavy atom. The van der Waals surface area contributed by atoms with E-state index in [9.17, 15) is 14.0 Å². The molecule has 5 rings (SSSR count). The summed E-state index contributed by atoms with van der Waals surface area (Å²) in [5.74, 6) is -0.765. The van der Waals surface area contributed by atoms with Crippen LogP contribution in [0.25, 0.3) is 0 Å². The van der Waals surface area contributed by atoms with Crippen LogP contribution < -0.4 is 5.56 Å². The Bertz CT molecular complexity index is 1260. The van der Waals surface area contributed by atoms with Crippen molar-refractivity contribution >= 4 is 11.7 Å². The minimum absolute atomic E-state index is 0.0396. The monoisotopic (exact) mass is 450 g/mol. The van der Waals surface area contributed by atoms with Crippen LogP contribution in [-0.2, 0) is 29.1 Å². The number of hydrogen-bond acceptors (Lipinski definition) is 4. The Morgan fingerprint density at radius 1 is 1.30 bits per heavy atom. The lowest BCUT2D eigenvalue weighted by molar-refractivity contribution is -0.148. The van der Waals surface area contributed by atoms with Gasteiger partial charge in [-0.05, 0) is 61.5 Å². The van der Waals surface area contributed by atoms with Crippen LogP contribution in [0.2, 0.25) is 0 Å². The van der Waals surface area contributed by atoms with Gasteiger partial charge in [0, 0.05) is 29.8 Å². The molecule has 1 aromatic heterocycles. The zero-order chi connectivity index (χ0) is 23.7. The lowest BCUT2D eigenvalue weighted by Gasteiger charge is -2.46. The number of aromatic nitrogens is 1. The molecule has 0 saturated carbocycles. The van der Waals surface area contributed by atoms with Crippen LogP contribution in [0.3, 0.4) is 0 Å². The zero-order valence-electron chi connectivity index (χ0n) is 20.0. The minimum Gasteiger partial charge on any atom is -0.460 e. The molecule has 0 bridgehead atoms. The summed E-state index contributed by atoms with van der Waals surface area (Å²) in [5, 5.41) is 0. The number of cyclic esters (lactones) is 1. The van der Waals surface area contributed by atoms with E-state index in [-0.39, 0.29) is 35.3 Å². The third-order valence-electron chi connectivity index (χ3n) is 8.37. The third-order valence-corrected chi connectivity index (χ3v) is 8.37. The number of halogens is 1. The number of allylic oxidation sites excluding steroid dienone is 6. The first-order chi connectivity index (χ1) is 15.7. The van der Waals surface area contributed by atoms with Gasteiger partial charge in [-0.15, -0.1) is 0 Å². The molecule has 4 aliphatic rings. The number of ether oxygens (including phenoxy) is 1. The maximum Gasteiger partial charge on any atom is 0.313 e. The number of rotatable bonds is 3. The summed E-state index contributed by atoms with van der Waals surface area (Å²) < 4.78 is 22.0. The van der Waals surface area contributed by atoms with Crippen molar-refractivity contribution in [3.05, 3.63) is 67.6 Å². The minimum atomic E-state index is -0.400. The fourth-order valence-corrected chi connectivity index (χ4v) is 6.23. The van der Waals surface area contributed by atoms with Crippen molar-refractivity contribution in [2.24, 2.45) is 16.3 Å². The quantitative estimate of drug-likeness (QED) is 0.588. The summed E-state index contributed by atoms with van der Waals surface area (Å²) >= 11 is 0. The number of pyridine rings is 1. The van der Waals surface area contributed by atoms with E-state index >= 15 is 0 Å². The van der Waals surface area contributed by atoms with Crippen molar-refractivity contribution < 1.29 is 13.9 Å². The highest BCUT2D eigenvalue weighted by molar-refractivity contribution is 6.05. The molecule has 5 nitrogen and oxygen atoms in total. The van der Waals surface area contributed by atoms with Gasteiger partial charge < -0.3 is 9.30 Å². The molecule has 4 heterocycles. The van der Waals surface area contributed by atoms with E-state index in [0.717, 1.165) is 52.2 Å². The zero-order valence-corrected chi connectivity index (χ0v) is 20.0. The summed E-state index contributed by atoms with van der Waals surface area (Å²) in [7, 11) is 0. The standard InChI is InChI=1S/C27H31FN2O3/c1-6-8-21-14(3)22(28)11-24-27(21,5)15(4)19-12-30-16(10-23(19)29-24)9-18-17(7-2)26(32)33-13-20(18)25(30)31/h9,11,15,17H,6-8,10,12-13H2,1-5H3/t15?,17-,27?/m1/s1. The number of esters is 1. The molecule has 3 aliphatic heterocycles. The van der Waals surface area contributed by atoms with Crippen LogP contribution >= 0.6 is 0 Å². The summed E-state index contributed by atoms with van der Waals surface area (Å²) in [5.41, 5.74) is 6.51. The Labute approximate surface area is 193 Å².